The van der Waals surface area contributed by atoms with Crippen molar-refractivity contribution in [1.29, 1.82) is 0 Å². The second kappa shape index (κ2) is 13.2. The van der Waals surface area contributed by atoms with Gasteiger partial charge in [-0.2, -0.15) is 0 Å². The molecule has 0 atom stereocenters. The van der Waals surface area contributed by atoms with E-state index in [2.05, 4.69) is 218 Å². The van der Waals surface area contributed by atoms with Crippen molar-refractivity contribution in [2.45, 2.75) is 0 Å². The molecule has 0 aromatic heterocycles. The molecule has 0 saturated carbocycles. The van der Waals surface area contributed by atoms with Crippen LogP contribution in [0.4, 0.5) is 0 Å². The predicted molar refractivity (Wildman–Crippen MR) is 241 cm³/mol. The lowest BCUT2D eigenvalue weighted by atomic mass is 9.82. The average Bonchev–Trinajstić information content (AvgIpc) is 3.27. The molecule has 0 heteroatoms. The summed E-state index contributed by atoms with van der Waals surface area (Å²) >= 11 is 0. The molecule has 0 bridgehead atoms. The molecule has 11 aromatic rings. The molecule has 260 valence electrons. The highest BCUT2D eigenvalue weighted by atomic mass is 14.2. The van der Waals surface area contributed by atoms with Gasteiger partial charge in [-0.25, -0.2) is 0 Å². The molecule has 11 rings (SSSR count). The zero-order valence-corrected chi connectivity index (χ0v) is 30.8. The zero-order chi connectivity index (χ0) is 37.0. The summed E-state index contributed by atoms with van der Waals surface area (Å²) in [6.07, 6.45) is 0. The van der Waals surface area contributed by atoms with E-state index >= 15 is 0 Å². The molecule has 0 unspecified atom stereocenters. The van der Waals surface area contributed by atoms with Crippen molar-refractivity contribution in [3.05, 3.63) is 218 Å². The van der Waals surface area contributed by atoms with Gasteiger partial charge in [-0.15, -0.1) is 0 Å². The highest BCUT2D eigenvalue weighted by molar-refractivity contribution is 6.24. The van der Waals surface area contributed by atoms with Crippen molar-refractivity contribution in [1.82, 2.24) is 0 Å². The van der Waals surface area contributed by atoms with Crippen LogP contribution in [0.25, 0.3) is 109 Å². The minimum atomic E-state index is 1.20. The Labute approximate surface area is 326 Å². The molecule has 0 heterocycles. The lowest BCUT2D eigenvalue weighted by Crippen LogP contribution is -1.94. The van der Waals surface area contributed by atoms with Gasteiger partial charge in [0.15, 0.2) is 0 Å². The fourth-order valence-corrected chi connectivity index (χ4v) is 8.97. The molecule has 0 fully saturated rings. The lowest BCUT2D eigenvalue weighted by molar-refractivity contribution is 1.59. The topological polar surface area (TPSA) is 0 Å². The fraction of sp³-hybridized carbons (Fsp3) is 0. The Hall–Kier alpha value is -7.28. The number of benzene rings is 11. The van der Waals surface area contributed by atoms with Gasteiger partial charge in [-0.05, 0) is 140 Å². The largest absolute Gasteiger partial charge is 0.0622 e. The van der Waals surface area contributed by atoms with Crippen molar-refractivity contribution in [3.63, 3.8) is 0 Å². The van der Waals surface area contributed by atoms with Crippen LogP contribution in [-0.2, 0) is 0 Å². The standard InChI is InChI=1S/C56H36/c1-2-14-37(15-3-1)44-33-45(42-29-28-38-16-4-5-19-41(38)32-42)35-46(34-44)55-51-24-10-11-25-52(51)56(50-27-13-21-40-18-7-9-23-48(40)50)54-36-43(30-31-53(54)55)49-26-12-20-39-17-6-8-22-47(39)49/h1-36H. The minimum absolute atomic E-state index is 1.20. The summed E-state index contributed by atoms with van der Waals surface area (Å²) in [5.41, 5.74) is 12.3. The maximum atomic E-state index is 2.45. The molecule has 0 nitrogen and oxygen atoms in total. The summed E-state index contributed by atoms with van der Waals surface area (Å²) in [6.45, 7) is 0. The number of hydrogen-bond acceptors (Lipinski definition) is 0. The van der Waals surface area contributed by atoms with Gasteiger partial charge in [-0.1, -0.05) is 188 Å². The summed E-state index contributed by atoms with van der Waals surface area (Å²) in [5.74, 6) is 0. The van der Waals surface area contributed by atoms with E-state index in [9.17, 15) is 0 Å². The van der Waals surface area contributed by atoms with Crippen LogP contribution >= 0.6 is 0 Å². The van der Waals surface area contributed by atoms with Crippen LogP contribution in [0.15, 0.2) is 218 Å². The molecule has 0 aliphatic heterocycles. The van der Waals surface area contributed by atoms with E-state index in [0.29, 0.717) is 0 Å². The van der Waals surface area contributed by atoms with Crippen LogP contribution in [0.1, 0.15) is 0 Å². The Morgan fingerprint density at radius 1 is 0.179 bits per heavy atom. The van der Waals surface area contributed by atoms with Gasteiger partial charge in [0.05, 0.1) is 0 Å². The van der Waals surface area contributed by atoms with Gasteiger partial charge in [0.1, 0.15) is 0 Å². The van der Waals surface area contributed by atoms with E-state index < -0.39 is 0 Å². The predicted octanol–water partition coefficient (Wildman–Crippen LogP) is 15.8. The summed E-state index contributed by atoms with van der Waals surface area (Å²) in [4.78, 5) is 0. The van der Waals surface area contributed by atoms with Crippen molar-refractivity contribution >= 4 is 53.9 Å². The fourth-order valence-electron chi connectivity index (χ4n) is 8.97. The monoisotopic (exact) mass is 708 g/mol. The molecule has 56 heavy (non-hydrogen) atoms. The maximum absolute atomic E-state index is 2.45. The molecule has 11 aromatic carbocycles. The first-order chi connectivity index (χ1) is 27.8. The molecule has 0 aliphatic rings. The van der Waals surface area contributed by atoms with Gasteiger partial charge in [-0.3, -0.25) is 0 Å². The molecular formula is C56H36. The first kappa shape index (κ1) is 32.2. The molecule has 0 saturated heterocycles. The van der Waals surface area contributed by atoms with E-state index in [1.54, 1.807) is 0 Å². The van der Waals surface area contributed by atoms with Crippen LogP contribution in [0, 0.1) is 0 Å². The van der Waals surface area contributed by atoms with Gasteiger partial charge in [0.25, 0.3) is 0 Å². The Morgan fingerprint density at radius 2 is 0.679 bits per heavy atom. The van der Waals surface area contributed by atoms with Crippen LogP contribution in [0.2, 0.25) is 0 Å². The Bertz CT molecular complexity index is 3290. The maximum Gasteiger partial charge on any atom is -0.00199 e. The van der Waals surface area contributed by atoms with Crippen LogP contribution < -0.4 is 0 Å². The van der Waals surface area contributed by atoms with Gasteiger partial charge >= 0.3 is 0 Å². The highest BCUT2D eigenvalue weighted by Gasteiger charge is 2.20. The van der Waals surface area contributed by atoms with Gasteiger partial charge in [0, 0.05) is 0 Å². The first-order valence-electron chi connectivity index (χ1n) is 19.4. The molecule has 0 N–H and O–H groups in total. The van der Waals surface area contributed by atoms with Crippen LogP contribution in [-0.4, -0.2) is 0 Å². The van der Waals surface area contributed by atoms with Crippen LogP contribution in [0.3, 0.4) is 0 Å². The number of fused-ring (bicyclic) bond motifs is 5. The summed E-state index contributed by atoms with van der Waals surface area (Å²) in [6, 6.07) is 80.6. The lowest BCUT2D eigenvalue weighted by Gasteiger charge is -2.21. The smallest absolute Gasteiger partial charge is 0.00199 e. The Morgan fingerprint density at radius 3 is 1.41 bits per heavy atom. The molecular weight excluding hydrogens is 673 g/mol. The number of hydrogen-bond donors (Lipinski definition) is 0. The van der Waals surface area contributed by atoms with Crippen molar-refractivity contribution in [2.75, 3.05) is 0 Å². The molecule has 0 spiro atoms. The van der Waals surface area contributed by atoms with Crippen molar-refractivity contribution in [2.24, 2.45) is 0 Å². The quantitative estimate of drug-likeness (QED) is 0.156. The first-order valence-corrected chi connectivity index (χ1v) is 19.4. The highest BCUT2D eigenvalue weighted by Crippen LogP contribution is 2.48. The van der Waals surface area contributed by atoms with E-state index in [1.807, 2.05) is 0 Å². The van der Waals surface area contributed by atoms with Crippen LogP contribution in [0.5, 0.6) is 0 Å². The average molecular weight is 709 g/mol. The van der Waals surface area contributed by atoms with E-state index in [-0.39, 0.29) is 0 Å². The molecule has 0 aliphatic carbocycles. The number of rotatable bonds is 5. The molecule has 0 amide bonds. The summed E-state index contributed by atoms with van der Waals surface area (Å²) in [5, 5.41) is 12.5. The summed E-state index contributed by atoms with van der Waals surface area (Å²) in [7, 11) is 0. The minimum Gasteiger partial charge on any atom is -0.0622 e. The molecule has 0 radical (unpaired) electrons. The second-order valence-electron chi connectivity index (χ2n) is 14.8. The van der Waals surface area contributed by atoms with Gasteiger partial charge < -0.3 is 0 Å². The third-order valence-electron chi connectivity index (χ3n) is 11.6. The Kier molecular flexibility index (Phi) is 7.60. The zero-order valence-electron chi connectivity index (χ0n) is 30.8. The second-order valence-corrected chi connectivity index (χ2v) is 14.8. The van der Waals surface area contributed by atoms with E-state index in [0.717, 1.165) is 0 Å². The van der Waals surface area contributed by atoms with E-state index in [4.69, 9.17) is 0 Å². The SMILES string of the molecule is c1ccc(-c2cc(-c3ccc4ccccc4c3)cc(-c3c4ccccc4c(-c4cccc5ccccc45)c4cc(-c5cccc6ccccc56)ccc34)c2)cc1. The third kappa shape index (κ3) is 5.38. The summed E-state index contributed by atoms with van der Waals surface area (Å²) < 4.78 is 0. The third-order valence-corrected chi connectivity index (χ3v) is 11.6. The van der Waals surface area contributed by atoms with Crippen molar-refractivity contribution < 1.29 is 0 Å². The van der Waals surface area contributed by atoms with Gasteiger partial charge in [0.2, 0.25) is 0 Å². The Balaban J connectivity index is 1.26. The normalized spacial score (nSPS) is 11.6. The van der Waals surface area contributed by atoms with Crippen molar-refractivity contribution in [3.8, 4) is 55.6 Å². The van der Waals surface area contributed by atoms with E-state index in [1.165, 1.54) is 109 Å².